The van der Waals surface area contributed by atoms with Crippen LogP contribution in [-0.2, 0) is 14.8 Å². The van der Waals surface area contributed by atoms with Gasteiger partial charge in [0, 0.05) is 31.7 Å². The van der Waals surface area contributed by atoms with Gasteiger partial charge in [-0.3, -0.25) is 4.79 Å². The van der Waals surface area contributed by atoms with E-state index in [1.54, 1.807) is 49.6 Å². The molecule has 2 aliphatic heterocycles. The van der Waals surface area contributed by atoms with Gasteiger partial charge in [-0.2, -0.15) is 4.31 Å². The number of carbonyl (C=O) groups is 1. The van der Waals surface area contributed by atoms with Gasteiger partial charge in [-0.1, -0.05) is 6.07 Å². The number of anilines is 2. The predicted molar refractivity (Wildman–Crippen MR) is 118 cm³/mol. The van der Waals surface area contributed by atoms with Crippen molar-refractivity contribution >= 4 is 27.3 Å². The summed E-state index contributed by atoms with van der Waals surface area (Å²) < 4.78 is 38.2. The number of sulfonamides is 1. The molecule has 1 N–H and O–H groups in total. The summed E-state index contributed by atoms with van der Waals surface area (Å²) in [6, 6.07) is 11.8. The van der Waals surface area contributed by atoms with Crippen molar-refractivity contribution in [2.45, 2.75) is 17.7 Å². The first-order valence-electron chi connectivity index (χ1n) is 10.4. The van der Waals surface area contributed by atoms with E-state index in [1.807, 2.05) is 0 Å². The molecule has 0 spiro atoms. The molecule has 0 bridgehead atoms. The van der Waals surface area contributed by atoms with Crippen LogP contribution in [0.2, 0.25) is 0 Å². The summed E-state index contributed by atoms with van der Waals surface area (Å²) in [5, 5.41) is 2.93. The molecule has 1 amide bonds. The average Bonchev–Trinajstić information content (AvgIpc) is 3.34. The molecule has 0 atom stereocenters. The Kier molecular flexibility index (Phi) is 6.45. The molecule has 0 saturated carbocycles. The van der Waals surface area contributed by atoms with Crippen LogP contribution >= 0.6 is 0 Å². The van der Waals surface area contributed by atoms with Gasteiger partial charge in [-0.05, 0) is 49.2 Å². The molecular weight excluding hydrogens is 418 g/mol. The smallest absolute Gasteiger partial charge is 0.255 e. The van der Waals surface area contributed by atoms with Gasteiger partial charge in [0.15, 0.2) is 0 Å². The number of hydrogen-bond acceptors (Lipinski definition) is 6. The highest BCUT2D eigenvalue weighted by Gasteiger charge is 2.28. The monoisotopic (exact) mass is 445 g/mol. The van der Waals surface area contributed by atoms with Crippen LogP contribution in [0.25, 0.3) is 0 Å². The Morgan fingerprint density at radius 1 is 1.03 bits per heavy atom. The highest BCUT2D eigenvalue weighted by atomic mass is 32.2. The summed E-state index contributed by atoms with van der Waals surface area (Å²) >= 11 is 0. The number of morpholine rings is 1. The molecule has 2 heterocycles. The van der Waals surface area contributed by atoms with Gasteiger partial charge in [0.1, 0.15) is 5.75 Å². The van der Waals surface area contributed by atoms with Gasteiger partial charge >= 0.3 is 0 Å². The number of nitrogens with zero attached hydrogens (tertiary/aromatic N) is 2. The number of carbonyl (C=O) groups excluding carboxylic acids is 1. The van der Waals surface area contributed by atoms with E-state index in [0.717, 1.165) is 31.6 Å². The van der Waals surface area contributed by atoms with Gasteiger partial charge in [0.25, 0.3) is 5.91 Å². The van der Waals surface area contributed by atoms with Crippen molar-refractivity contribution in [2.75, 3.05) is 56.7 Å². The second kappa shape index (κ2) is 9.25. The molecule has 31 heavy (non-hydrogen) atoms. The fraction of sp³-hybridized carbons (Fsp3) is 0.409. The third-order valence-electron chi connectivity index (χ3n) is 5.60. The van der Waals surface area contributed by atoms with Crippen molar-refractivity contribution < 1.29 is 22.7 Å². The molecule has 8 nitrogen and oxygen atoms in total. The fourth-order valence-corrected chi connectivity index (χ4v) is 5.34. The summed E-state index contributed by atoms with van der Waals surface area (Å²) in [7, 11) is -2.13. The van der Waals surface area contributed by atoms with Gasteiger partial charge in [-0.15, -0.1) is 0 Å². The van der Waals surface area contributed by atoms with Gasteiger partial charge in [-0.25, -0.2) is 8.42 Å². The van der Waals surface area contributed by atoms with Crippen molar-refractivity contribution in [2.24, 2.45) is 0 Å². The van der Waals surface area contributed by atoms with E-state index in [9.17, 15) is 13.2 Å². The zero-order valence-electron chi connectivity index (χ0n) is 17.5. The standard InChI is InChI=1S/C22H27N3O5S/c1-29-18-6-4-5-17(15-18)22(26)23-20-16-19(7-8-21(20)24-9-2-3-10-24)31(27,28)25-11-13-30-14-12-25/h4-8,15-16H,2-3,9-14H2,1H3,(H,23,26). The van der Waals surface area contributed by atoms with E-state index in [4.69, 9.17) is 9.47 Å². The third-order valence-corrected chi connectivity index (χ3v) is 7.50. The van der Waals surface area contributed by atoms with Crippen molar-refractivity contribution in [1.29, 1.82) is 0 Å². The zero-order valence-corrected chi connectivity index (χ0v) is 18.4. The molecule has 2 aromatic rings. The molecule has 9 heteroatoms. The molecule has 166 valence electrons. The highest BCUT2D eigenvalue weighted by molar-refractivity contribution is 7.89. The predicted octanol–water partition coefficient (Wildman–Crippen LogP) is 2.57. The van der Waals surface area contributed by atoms with Crippen molar-refractivity contribution in [3.8, 4) is 5.75 Å². The normalized spacial score (nSPS) is 17.5. The van der Waals surface area contributed by atoms with Crippen LogP contribution in [0.4, 0.5) is 11.4 Å². The minimum Gasteiger partial charge on any atom is -0.497 e. The average molecular weight is 446 g/mol. The molecule has 2 aliphatic rings. The number of benzene rings is 2. The largest absolute Gasteiger partial charge is 0.497 e. The minimum atomic E-state index is -3.67. The molecule has 2 fully saturated rings. The Bertz CT molecular complexity index is 1040. The number of methoxy groups -OCH3 is 1. The third kappa shape index (κ3) is 4.68. The van der Waals surface area contributed by atoms with E-state index >= 15 is 0 Å². The SMILES string of the molecule is COc1cccc(C(=O)Nc2cc(S(=O)(=O)N3CCOCC3)ccc2N2CCCC2)c1. The molecule has 0 aliphatic carbocycles. The van der Waals surface area contributed by atoms with Gasteiger partial charge in [0.05, 0.1) is 36.6 Å². The van der Waals surface area contributed by atoms with Crippen molar-refractivity contribution in [1.82, 2.24) is 4.31 Å². The number of ether oxygens (including phenoxy) is 2. The Hall–Kier alpha value is -2.62. The van der Waals surface area contributed by atoms with E-state index in [0.29, 0.717) is 43.3 Å². The van der Waals surface area contributed by atoms with Crippen LogP contribution in [0.3, 0.4) is 0 Å². The zero-order chi connectivity index (χ0) is 21.8. The van der Waals surface area contributed by atoms with E-state index < -0.39 is 10.0 Å². The van der Waals surface area contributed by atoms with Gasteiger partial charge < -0.3 is 19.7 Å². The van der Waals surface area contributed by atoms with Crippen LogP contribution in [-0.4, -0.2) is 65.1 Å². The molecule has 4 rings (SSSR count). The molecular formula is C22H27N3O5S. The maximum Gasteiger partial charge on any atom is 0.255 e. The van der Waals surface area contributed by atoms with Crippen LogP contribution in [0.1, 0.15) is 23.2 Å². The van der Waals surface area contributed by atoms with Crippen LogP contribution in [0, 0.1) is 0 Å². The quantitative estimate of drug-likeness (QED) is 0.735. The number of hydrogen-bond donors (Lipinski definition) is 1. The first-order chi connectivity index (χ1) is 15.0. The van der Waals surface area contributed by atoms with Crippen LogP contribution in [0.15, 0.2) is 47.4 Å². The second-order valence-corrected chi connectivity index (χ2v) is 9.51. The number of nitrogens with one attached hydrogen (secondary N) is 1. The summed E-state index contributed by atoms with van der Waals surface area (Å²) in [5.41, 5.74) is 1.76. The van der Waals surface area contributed by atoms with Crippen molar-refractivity contribution in [3.63, 3.8) is 0 Å². The molecule has 0 radical (unpaired) electrons. The fourth-order valence-electron chi connectivity index (χ4n) is 3.90. The van der Waals surface area contributed by atoms with Crippen molar-refractivity contribution in [3.05, 3.63) is 48.0 Å². The van der Waals surface area contributed by atoms with Crippen LogP contribution < -0.4 is 15.0 Å². The molecule has 2 saturated heterocycles. The maximum absolute atomic E-state index is 13.1. The number of amides is 1. The molecule has 2 aromatic carbocycles. The second-order valence-electron chi connectivity index (χ2n) is 7.58. The van der Waals surface area contributed by atoms with Crippen LogP contribution in [0.5, 0.6) is 5.75 Å². The van der Waals surface area contributed by atoms with E-state index in [1.165, 1.54) is 4.31 Å². The summed E-state index contributed by atoms with van der Waals surface area (Å²) in [4.78, 5) is 15.3. The lowest BCUT2D eigenvalue weighted by Crippen LogP contribution is -2.40. The topological polar surface area (TPSA) is 88.2 Å². The number of rotatable bonds is 6. The Balaban J connectivity index is 1.67. The Morgan fingerprint density at radius 2 is 1.77 bits per heavy atom. The molecule has 0 unspecified atom stereocenters. The molecule has 0 aromatic heterocycles. The summed E-state index contributed by atoms with van der Waals surface area (Å²) in [5.74, 6) is 0.260. The van der Waals surface area contributed by atoms with E-state index in [-0.39, 0.29) is 10.8 Å². The summed E-state index contributed by atoms with van der Waals surface area (Å²) in [6.45, 7) is 3.15. The first kappa shape index (κ1) is 21.6. The maximum atomic E-state index is 13.1. The Labute approximate surface area is 182 Å². The van der Waals surface area contributed by atoms with E-state index in [2.05, 4.69) is 10.2 Å². The minimum absolute atomic E-state index is 0.165. The highest BCUT2D eigenvalue weighted by Crippen LogP contribution is 2.33. The first-order valence-corrected chi connectivity index (χ1v) is 11.9. The lowest BCUT2D eigenvalue weighted by molar-refractivity contribution is 0.0730. The summed E-state index contributed by atoms with van der Waals surface area (Å²) in [6.07, 6.45) is 2.13. The lowest BCUT2D eigenvalue weighted by Gasteiger charge is -2.27. The van der Waals surface area contributed by atoms with Gasteiger partial charge in [0.2, 0.25) is 10.0 Å². The lowest BCUT2D eigenvalue weighted by atomic mass is 10.2. The Morgan fingerprint density at radius 3 is 2.48 bits per heavy atom.